The van der Waals surface area contributed by atoms with Gasteiger partial charge >= 0.3 is 5.95 Å². The molecule has 1 heterocycles. The molecule has 28 heavy (non-hydrogen) atoms. The van der Waals surface area contributed by atoms with Crippen LogP contribution in [0.5, 0.6) is 0 Å². The molecule has 0 unspecified atom stereocenters. The van der Waals surface area contributed by atoms with Gasteiger partial charge in [0.2, 0.25) is 5.70 Å². The zero-order chi connectivity index (χ0) is 21.1. The van der Waals surface area contributed by atoms with E-state index in [-0.39, 0.29) is 28.8 Å². The minimum atomic E-state index is -0.728. The summed E-state index contributed by atoms with van der Waals surface area (Å²) in [6, 6.07) is 6.20. The molecule has 2 amide bonds. The Labute approximate surface area is 164 Å². The Kier molecular flexibility index (Phi) is 6.19. The van der Waals surface area contributed by atoms with Crippen LogP contribution in [0.4, 0.5) is 5.69 Å². The first-order valence-electron chi connectivity index (χ1n) is 9.09. The lowest BCUT2D eigenvalue weighted by atomic mass is 10.1. The molecular formula is C20H24N4O4. The number of azo groups is 1. The number of fused-ring (bicyclic) bond motifs is 1. The molecule has 0 atom stereocenters. The molecule has 0 radical (unpaired) electrons. The lowest BCUT2D eigenvalue weighted by Crippen LogP contribution is -2.39. The van der Waals surface area contributed by atoms with E-state index in [1.807, 2.05) is 13.8 Å². The lowest BCUT2D eigenvalue weighted by Gasteiger charge is -2.23. The molecule has 0 aliphatic carbocycles. The minimum absolute atomic E-state index is 0.150. The Morgan fingerprint density at radius 2 is 1.89 bits per heavy atom. The summed E-state index contributed by atoms with van der Waals surface area (Å²) in [6.45, 7) is 8.95. The Bertz CT molecular complexity index is 886. The van der Waals surface area contributed by atoms with Gasteiger partial charge in [0.25, 0.3) is 11.8 Å². The van der Waals surface area contributed by atoms with Crippen molar-refractivity contribution in [2.75, 3.05) is 0 Å². The van der Waals surface area contributed by atoms with E-state index in [4.69, 9.17) is 4.74 Å². The predicted molar refractivity (Wildman–Crippen MR) is 102 cm³/mol. The highest BCUT2D eigenvalue weighted by Crippen LogP contribution is 2.34. The average Bonchev–Trinajstić information content (AvgIpc) is 2.88. The van der Waals surface area contributed by atoms with Crippen molar-refractivity contribution in [3.05, 3.63) is 41.0 Å². The van der Waals surface area contributed by atoms with Crippen LogP contribution in [0, 0.1) is 11.3 Å². The van der Waals surface area contributed by atoms with E-state index in [9.17, 15) is 20.0 Å². The number of nitrogens with zero attached hydrogens (tertiary/aromatic N) is 4. The summed E-state index contributed by atoms with van der Waals surface area (Å²) in [4.78, 5) is 26.8. The van der Waals surface area contributed by atoms with Crippen LogP contribution >= 0.6 is 0 Å². The van der Waals surface area contributed by atoms with Gasteiger partial charge in [-0.25, -0.2) is 0 Å². The fourth-order valence-electron chi connectivity index (χ4n) is 2.91. The number of aliphatic hydroxyl groups is 1. The van der Waals surface area contributed by atoms with Crippen LogP contribution in [-0.2, 0) is 4.74 Å². The van der Waals surface area contributed by atoms with E-state index in [1.165, 1.54) is 11.0 Å². The van der Waals surface area contributed by atoms with E-state index in [0.717, 1.165) is 0 Å². The fraction of sp³-hybridized carbons (Fsp3) is 0.450. The van der Waals surface area contributed by atoms with Crippen LogP contribution in [0.1, 0.15) is 68.2 Å². The van der Waals surface area contributed by atoms with Crippen molar-refractivity contribution in [1.29, 1.82) is 5.26 Å². The van der Waals surface area contributed by atoms with Crippen molar-refractivity contribution in [3.8, 4) is 6.07 Å². The highest BCUT2D eigenvalue weighted by atomic mass is 16.6. The summed E-state index contributed by atoms with van der Waals surface area (Å²) >= 11 is 0. The topological polar surface area (TPSA) is 115 Å². The predicted octanol–water partition coefficient (Wildman–Crippen LogP) is 4.62. The molecular weight excluding hydrogens is 360 g/mol. The third-order valence-electron chi connectivity index (χ3n) is 4.20. The fourth-order valence-corrected chi connectivity index (χ4v) is 2.91. The Balaban J connectivity index is 2.44. The monoisotopic (exact) mass is 384 g/mol. The van der Waals surface area contributed by atoms with Crippen LogP contribution in [-0.4, -0.2) is 33.5 Å². The highest BCUT2D eigenvalue weighted by Gasteiger charge is 2.40. The molecule has 1 aromatic carbocycles. The van der Waals surface area contributed by atoms with Crippen molar-refractivity contribution in [2.45, 2.75) is 59.1 Å². The molecule has 0 bridgehead atoms. The van der Waals surface area contributed by atoms with Gasteiger partial charge in [-0.3, -0.25) is 14.5 Å². The van der Waals surface area contributed by atoms with Gasteiger partial charge in [-0.2, -0.15) is 5.26 Å². The molecule has 1 N–H and O–H groups in total. The Hall–Kier alpha value is -3.21. The largest absolute Gasteiger partial charge is 0.479 e. The maximum Gasteiger partial charge on any atom is 0.317 e. The van der Waals surface area contributed by atoms with E-state index >= 15 is 0 Å². The number of allylic oxidation sites excluding steroid dienone is 1. The maximum absolute atomic E-state index is 12.9. The summed E-state index contributed by atoms with van der Waals surface area (Å²) in [5.74, 6) is -1.45. The van der Waals surface area contributed by atoms with Crippen LogP contribution < -0.4 is 0 Å². The summed E-state index contributed by atoms with van der Waals surface area (Å²) < 4.78 is 5.22. The number of imide groups is 1. The number of benzene rings is 1. The van der Waals surface area contributed by atoms with Crippen LogP contribution in [0.25, 0.3) is 0 Å². The molecule has 8 heteroatoms. The average molecular weight is 384 g/mol. The second-order valence-corrected chi connectivity index (χ2v) is 7.33. The first kappa shape index (κ1) is 21.1. The third-order valence-corrected chi connectivity index (χ3v) is 4.20. The first-order chi connectivity index (χ1) is 13.1. The number of amides is 2. The van der Waals surface area contributed by atoms with Crippen molar-refractivity contribution in [2.24, 2.45) is 10.2 Å². The van der Waals surface area contributed by atoms with Crippen molar-refractivity contribution in [3.63, 3.8) is 0 Å². The van der Waals surface area contributed by atoms with Crippen molar-refractivity contribution < 1.29 is 19.4 Å². The number of hydrogen-bond donors (Lipinski definition) is 1. The third kappa shape index (κ3) is 4.19. The van der Waals surface area contributed by atoms with Crippen LogP contribution in [0.15, 0.2) is 40.1 Å². The van der Waals surface area contributed by atoms with Gasteiger partial charge in [0, 0.05) is 6.04 Å². The van der Waals surface area contributed by atoms with Gasteiger partial charge < -0.3 is 9.84 Å². The van der Waals surface area contributed by atoms with Gasteiger partial charge in [0.05, 0.1) is 16.8 Å². The molecule has 0 spiro atoms. The number of hydrogen-bond acceptors (Lipinski definition) is 7. The standard InChI is InChI=1S/C20H24N4O4/c1-6-12(7-2)24-17(25)13-9-8-10-14(16(13)18(24)26)22-23-15(11-21)19(27)28-20(3,4)5/h8-10,12,27H,6-7H2,1-5H3/b19-15+,23-22?. The van der Waals surface area contributed by atoms with Gasteiger partial charge in [-0.05, 0) is 45.7 Å². The Morgan fingerprint density at radius 3 is 2.43 bits per heavy atom. The second kappa shape index (κ2) is 8.21. The molecule has 2 rings (SSSR count). The van der Waals surface area contributed by atoms with Gasteiger partial charge in [-0.1, -0.05) is 19.9 Å². The number of rotatable bonds is 6. The van der Waals surface area contributed by atoms with E-state index in [1.54, 1.807) is 39.0 Å². The highest BCUT2D eigenvalue weighted by molar-refractivity contribution is 6.23. The molecule has 0 saturated carbocycles. The zero-order valence-electron chi connectivity index (χ0n) is 16.7. The van der Waals surface area contributed by atoms with Gasteiger partial charge in [-0.15, -0.1) is 10.2 Å². The molecule has 0 fully saturated rings. The molecule has 1 aromatic rings. The summed E-state index contributed by atoms with van der Waals surface area (Å²) in [7, 11) is 0. The smallest absolute Gasteiger partial charge is 0.317 e. The van der Waals surface area contributed by atoms with Crippen molar-refractivity contribution in [1.82, 2.24) is 4.90 Å². The lowest BCUT2D eigenvalue weighted by molar-refractivity contribution is -0.0166. The number of carbonyl (C=O) groups is 2. The number of nitriles is 1. The minimum Gasteiger partial charge on any atom is -0.479 e. The molecule has 148 valence electrons. The maximum atomic E-state index is 12.9. The molecule has 1 aliphatic heterocycles. The molecule has 0 aromatic heterocycles. The normalized spacial score (nSPS) is 15.1. The van der Waals surface area contributed by atoms with E-state index in [0.29, 0.717) is 12.8 Å². The molecule has 1 aliphatic rings. The zero-order valence-corrected chi connectivity index (χ0v) is 16.7. The van der Waals surface area contributed by atoms with Crippen molar-refractivity contribution >= 4 is 17.5 Å². The SMILES string of the molecule is CCC(CC)N1C(=O)c2cccc(N=N/C(C#N)=C(\O)OC(C)(C)C)c2C1=O. The van der Waals surface area contributed by atoms with Crippen LogP contribution in [0.2, 0.25) is 0 Å². The number of carbonyl (C=O) groups excluding carboxylic acids is 2. The quantitative estimate of drug-likeness (QED) is 0.332. The Morgan fingerprint density at radius 1 is 1.25 bits per heavy atom. The summed E-state index contributed by atoms with van der Waals surface area (Å²) in [5, 5.41) is 26.8. The van der Waals surface area contributed by atoms with Crippen LogP contribution in [0.3, 0.4) is 0 Å². The summed E-state index contributed by atoms with van der Waals surface area (Å²) in [5.41, 5.74) is -0.599. The van der Waals surface area contributed by atoms with E-state index < -0.39 is 23.2 Å². The number of aliphatic hydroxyl groups excluding tert-OH is 1. The molecule has 8 nitrogen and oxygen atoms in total. The molecule has 0 saturated heterocycles. The number of ether oxygens (including phenoxy) is 1. The van der Waals surface area contributed by atoms with Gasteiger partial charge in [0.15, 0.2) is 0 Å². The van der Waals surface area contributed by atoms with Gasteiger partial charge in [0.1, 0.15) is 11.7 Å². The van der Waals surface area contributed by atoms with E-state index in [2.05, 4.69) is 10.2 Å². The second-order valence-electron chi connectivity index (χ2n) is 7.33. The summed E-state index contributed by atoms with van der Waals surface area (Å²) in [6.07, 6.45) is 1.30. The first-order valence-corrected chi connectivity index (χ1v) is 9.09.